The van der Waals surface area contributed by atoms with Gasteiger partial charge in [-0.2, -0.15) is 0 Å². The largest absolute Gasteiger partial charge is 0.492 e. The van der Waals surface area contributed by atoms with Gasteiger partial charge >= 0.3 is 0 Å². The number of ether oxygens (including phenoxy) is 1. The van der Waals surface area contributed by atoms with E-state index in [0.717, 1.165) is 0 Å². The van der Waals surface area contributed by atoms with Crippen LogP contribution in [0, 0.1) is 11.6 Å². The highest BCUT2D eigenvalue weighted by Crippen LogP contribution is 2.15. The van der Waals surface area contributed by atoms with Crippen molar-refractivity contribution >= 4 is 0 Å². The monoisotopic (exact) mass is 278 g/mol. The molecule has 0 spiro atoms. The average Bonchev–Trinajstić information content (AvgIpc) is 2.47. The number of hydrazine groups is 1. The average molecular weight is 278 g/mol. The first-order valence-electron chi connectivity index (χ1n) is 6.27. The lowest BCUT2D eigenvalue weighted by Crippen LogP contribution is -2.41. The summed E-state index contributed by atoms with van der Waals surface area (Å²) >= 11 is 0. The number of nitrogens with two attached hydrogens (primary N) is 1. The van der Waals surface area contributed by atoms with Crippen molar-refractivity contribution in [1.82, 2.24) is 5.43 Å². The van der Waals surface area contributed by atoms with Crippen molar-refractivity contribution in [2.24, 2.45) is 5.84 Å². The molecule has 3 nitrogen and oxygen atoms in total. The van der Waals surface area contributed by atoms with E-state index in [1.54, 1.807) is 12.1 Å². The van der Waals surface area contributed by atoms with Crippen molar-refractivity contribution < 1.29 is 13.5 Å². The second-order valence-corrected chi connectivity index (χ2v) is 4.39. The van der Waals surface area contributed by atoms with Gasteiger partial charge in [-0.1, -0.05) is 24.3 Å². The van der Waals surface area contributed by atoms with E-state index < -0.39 is 11.6 Å². The van der Waals surface area contributed by atoms with Crippen LogP contribution in [0.4, 0.5) is 8.78 Å². The fourth-order valence-corrected chi connectivity index (χ4v) is 1.85. The van der Waals surface area contributed by atoms with Crippen molar-refractivity contribution in [2.45, 2.75) is 12.5 Å². The predicted octanol–water partition coefficient (Wildman–Crippen LogP) is 2.42. The zero-order chi connectivity index (χ0) is 14.4. The lowest BCUT2D eigenvalue weighted by molar-refractivity contribution is 0.262. The van der Waals surface area contributed by atoms with Crippen molar-refractivity contribution in [1.29, 1.82) is 0 Å². The third-order valence-electron chi connectivity index (χ3n) is 2.94. The minimum absolute atomic E-state index is 0.00658. The van der Waals surface area contributed by atoms with Gasteiger partial charge in [-0.15, -0.1) is 0 Å². The predicted molar refractivity (Wildman–Crippen MR) is 73.1 cm³/mol. The molecule has 20 heavy (non-hydrogen) atoms. The first-order chi connectivity index (χ1) is 9.70. The number of rotatable bonds is 6. The van der Waals surface area contributed by atoms with Crippen molar-refractivity contribution in [3.63, 3.8) is 0 Å². The van der Waals surface area contributed by atoms with Gasteiger partial charge in [-0.25, -0.2) is 8.78 Å². The Labute approximate surface area is 116 Å². The Morgan fingerprint density at radius 2 is 1.65 bits per heavy atom. The molecule has 0 saturated heterocycles. The van der Waals surface area contributed by atoms with Crippen LogP contribution in [0.15, 0.2) is 48.5 Å². The minimum Gasteiger partial charge on any atom is -0.492 e. The van der Waals surface area contributed by atoms with Crippen LogP contribution in [0.5, 0.6) is 5.75 Å². The van der Waals surface area contributed by atoms with Crippen molar-refractivity contribution in [2.75, 3.05) is 6.61 Å². The highest BCUT2D eigenvalue weighted by atomic mass is 19.1. The Morgan fingerprint density at radius 1 is 1.00 bits per heavy atom. The molecule has 5 heteroatoms. The zero-order valence-corrected chi connectivity index (χ0v) is 10.9. The Balaban J connectivity index is 1.99. The van der Waals surface area contributed by atoms with Crippen LogP contribution in [0.3, 0.4) is 0 Å². The lowest BCUT2D eigenvalue weighted by atomic mass is 10.1. The highest BCUT2D eigenvalue weighted by molar-refractivity contribution is 5.22. The van der Waals surface area contributed by atoms with Gasteiger partial charge < -0.3 is 4.74 Å². The Bertz CT molecular complexity index is 529. The summed E-state index contributed by atoms with van der Waals surface area (Å²) in [5, 5.41) is 0. The van der Waals surface area contributed by atoms with E-state index in [9.17, 15) is 8.78 Å². The van der Waals surface area contributed by atoms with Gasteiger partial charge in [-0.05, 0) is 30.7 Å². The number of hydrogen-bond acceptors (Lipinski definition) is 3. The molecule has 2 rings (SSSR count). The Morgan fingerprint density at radius 3 is 2.25 bits per heavy atom. The van der Waals surface area contributed by atoms with E-state index >= 15 is 0 Å². The van der Waals surface area contributed by atoms with Crippen molar-refractivity contribution in [3.8, 4) is 5.75 Å². The topological polar surface area (TPSA) is 47.3 Å². The summed E-state index contributed by atoms with van der Waals surface area (Å²) in [6.45, 7) is 0.217. The highest BCUT2D eigenvalue weighted by Gasteiger charge is 2.15. The number of hydrogen-bond donors (Lipinski definition) is 2. The van der Waals surface area contributed by atoms with Crippen LogP contribution in [0.25, 0.3) is 0 Å². The van der Waals surface area contributed by atoms with Crippen LogP contribution in [-0.2, 0) is 6.42 Å². The van der Waals surface area contributed by atoms with E-state index in [1.807, 2.05) is 18.2 Å². The minimum atomic E-state index is -0.579. The number of halogens is 2. The molecule has 0 saturated carbocycles. The number of nitrogens with one attached hydrogen (secondary N) is 1. The molecule has 106 valence electrons. The van der Waals surface area contributed by atoms with Crippen LogP contribution >= 0.6 is 0 Å². The molecule has 0 aliphatic rings. The first-order valence-corrected chi connectivity index (χ1v) is 6.27. The summed E-state index contributed by atoms with van der Waals surface area (Å²) < 4.78 is 32.6. The van der Waals surface area contributed by atoms with Gasteiger partial charge in [0.2, 0.25) is 0 Å². The second-order valence-electron chi connectivity index (χ2n) is 4.39. The van der Waals surface area contributed by atoms with E-state index in [1.165, 1.54) is 18.2 Å². The maximum absolute atomic E-state index is 13.6. The summed E-state index contributed by atoms with van der Waals surface area (Å²) in [6.07, 6.45) is 0.113. The van der Waals surface area contributed by atoms with Gasteiger partial charge in [0, 0.05) is 5.56 Å². The quantitative estimate of drug-likeness (QED) is 0.630. The summed E-state index contributed by atoms with van der Waals surface area (Å²) in [5.74, 6) is 4.93. The summed E-state index contributed by atoms with van der Waals surface area (Å²) in [4.78, 5) is 0. The van der Waals surface area contributed by atoms with E-state index in [4.69, 9.17) is 10.6 Å². The summed E-state index contributed by atoms with van der Waals surface area (Å²) in [6, 6.07) is 12.6. The molecular weight excluding hydrogens is 262 g/mol. The fraction of sp³-hybridized carbons (Fsp3) is 0.200. The van der Waals surface area contributed by atoms with Crippen LogP contribution < -0.4 is 16.0 Å². The summed E-state index contributed by atoms with van der Waals surface area (Å²) in [5.41, 5.74) is 2.52. The number of benzene rings is 2. The molecule has 0 radical (unpaired) electrons. The summed E-state index contributed by atoms with van der Waals surface area (Å²) in [7, 11) is 0. The molecule has 0 fully saturated rings. The van der Waals surface area contributed by atoms with Crippen LogP contribution in [0.2, 0.25) is 0 Å². The van der Waals surface area contributed by atoms with E-state index in [-0.39, 0.29) is 24.6 Å². The molecule has 3 N–H and O–H groups in total. The molecule has 1 atom stereocenters. The van der Waals surface area contributed by atoms with Gasteiger partial charge in [0.1, 0.15) is 24.0 Å². The third-order valence-corrected chi connectivity index (χ3v) is 2.94. The third kappa shape index (κ3) is 3.76. The fourth-order valence-electron chi connectivity index (χ4n) is 1.85. The van der Waals surface area contributed by atoms with E-state index in [0.29, 0.717) is 5.75 Å². The molecule has 0 aliphatic heterocycles. The van der Waals surface area contributed by atoms with Crippen LogP contribution in [-0.4, -0.2) is 12.6 Å². The van der Waals surface area contributed by atoms with Gasteiger partial charge in [0.15, 0.2) is 0 Å². The number of para-hydroxylation sites is 1. The molecule has 0 heterocycles. The lowest BCUT2D eigenvalue weighted by Gasteiger charge is -2.17. The molecule has 2 aromatic carbocycles. The molecule has 0 amide bonds. The molecule has 0 aromatic heterocycles. The van der Waals surface area contributed by atoms with Gasteiger partial charge in [0.05, 0.1) is 6.04 Å². The second kappa shape index (κ2) is 6.98. The molecular formula is C15H16F2N2O. The van der Waals surface area contributed by atoms with Crippen molar-refractivity contribution in [3.05, 3.63) is 65.7 Å². The molecule has 0 bridgehead atoms. The SMILES string of the molecule is NNC(COc1ccccc1)Cc1c(F)cccc1F. The normalized spacial score (nSPS) is 12.2. The maximum atomic E-state index is 13.6. The smallest absolute Gasteiger partial charge is 0.129 e. The Kier molecular flexibility index (Phi) is 5.03. The van der Waals surface area contributed by atoms with Crippen LogP contribution in [0.1, 0.15) is 5.56 Å². The van der Waals surface area contributed by atoms with Gasteiger partial charge in [0.25, 0.3) is 0 Å². The maximum Gasteiger partial charge on any atom is 0.129 e. The zero-order valence-electron chi connectivity index (χ0n) is 10.9. The Hall–Kier alpha value is -1.98. The standard InChI is InChI=1S/C15H16F2N2O/c16-14-7-4-8-15(17)13(14)9-11(19-18)10-20-12-5-2-1-3-6-12/h1-8,11,19H,9-10,18H2. The molecule has 0 aliphatic carbocycles. The van der Waals surface area contributed by atoms with Gasteiger partial charge in [-0.3, -0.25) is 11.3 Å². The molecule has 2 aromatic rings. The van der Waals surface area contributed by atoms with E-state index in [2.05, 4.69) is 5.43 Å². The molecule has 1 unspecified atom stereocenters. The first kappa shape index (κ1) is 14.4.